The zero-order valence-electron chi connectivity index (χ0n) is 19.0. The molecule has 1 N–H and O–H groups in total. The van der Waals surface area contributed by atoms with Crippen LogP contribution >= 0.6 is 0 Å². The molecule has 0 saturated carbocycles. The number of amides is 1. The summed E-state index contributed by atoms with van der Waals surface area (Å²) in [6, 6.07) is 21.7. The predicted molar refractivity (Wildman–Crippen MR) is 130 cm³/mol. The Kier molecular flexibility index (Phi) is 5.95. The van der Waals surface area contributed by atoms with Crippen LogP contribution in [0.3, 0.4) is 0 Å². The van der Waals surface area contributed by atoms with Gasteiger partial charge in [-0.2, -0.15) is 0 Å². The molecule has 0 aliphatic rings. The minimum atomic E-state index is -0.155. The first kappa shape index (κ1) is 21.6. The van der Waals surface area contributed by atoms with E-state index in [0.29, 0.717) is 17.7 Å². The Morgan fingerprint density at radius 3 is 2.25 bits per heavy atom. The first-order valence-corrected chi connectivity index (χ1v) is 10.9. The second-order valence-corrected chi connectivity index (χ2v) is 8.63. The number of pyridine rings is 1. The molecule has 0 unspecified atom stereocenters. The zero-order chi connectivity index (χ0) is 22.8. The summed E-state index contributed by atoms with van der Waals surface area (Å²) >= 11 is 0. The summed E-state index contributed by atoms with van der Waals surface area (Å²) in [6.07, 6.45) is 0. The SMILES string of the molecule is Cc1ccc(CN(Cc2cc3c(C)ccc(C)c3[nH]c2=O)C(=O)c2cccc(C)c2)cc1. The van der Waals surface area contributed by atoms with Gasteiger partial charge in [-0.25, -0.2) is 0 Å². The van der Waals surface area contributed by atoms with Crippen molar-refractivity contribution >= 4 is 16.8 Å². The second kappa shape index (κ2) is 8.83. The fraction of sp³-hybridized carbons (Fsp3) is 0.214. The van der Waals surface area contributed by atoms with Crippen molar-refractivity contribution in [2.75, 3.05) is 0 Å². The molecule has 1 heterocycles. The first-order chi connectivity index (χ1) is 15.3. The van der Waals surface area contributed by atoms with Gasteiger partial charge in [0.05, 0.1) is 12.1 Å². The van der Waals surface area contributed by atoms with Gasteiger partial charge in [-0.1, -0.05) is 59.7 Å². The molecule has 0 aliphatic heterocycles. The Labute approximate surface area is 188 Å². The van der Waals surface area contributed by atoms with Crippen molar-refractivity contribution < 1.29 is 4.79 Å². The average Bonchev–Trinajstić information content (AvgIpc) is 2.77. The monoisotopic (exact) mass is 424 g/mol. The zero-order valence-corrected chi connectivity index (χ0v) is 19.0. The molecule has 3 aromatic carbocycles. The highest BCUT2D eigenvalue weighted by molar-refractivity contribution is 5.94. The molecule has 0 aliphatic carbocycles. The van der Waals surface area contributed by atoms with Gasteiger partial charge in [-0.15, -0.1) is 0 Å². The van der Waals surface area contributed by atoms with Crippen LogP contribution in [0, 0.1) is 27.7 Å². The van der Waals surface area contributed by atoms with Crippen molar-refractivity contribution in [2.24, 2.45) is 0 Å². The molecule has 0 atom stereocenters. The molecule has 0 fully saturated rings. The largest absolute Gasteiger partial charge is 0.330 e. The van der Waals surface area contributed by atoms with Crippen LogP contribution in [0.5, 0.6) is 0 Å². The molecule has 4 heteroatoms. The van der Waals surface area contributed by atoms with Crippen LogP contribution in [0.15, 0.2) is 71.5 Å². The number of nitrogens with zero attached hydrogens (tertiary/aromatic N) is 1. The maximum absolute atomic E-state index is 13.5. The Morgan fingerprint density at radius 1 is 0.812 bits per heavy atom. The number of aryl methyl sites for hydroxylation is 4. The third kappa shape index (κ3) is 4.50. The summed E-state index contributed by atoms with van der Waals surface area (Å²) in [5, 5.41) is 1.01. The van der Waals surface area contributed by atoms with E-state index in [4.69, 9.17) is 0 Å². The fourth-order valence-electron chi connectivity index (χ4n) is 4.02. The van der Waals surface area contributed by atoms with Gasteiger partial charge in [0.2, 0.25) is 0 Å². The Bertz CT molecular complexity index is 1350. The predicted octanol–water partition coefficient (Wildman–Crippen LogP) is 5.60. The van der Waals surface area contributed by atoms with E-state index in [1.807, 2.05) is 88.4 Å². The molecule has 0 bridgehead atoms. The summed E-state index contributed by atoms with van der Waals surface area (Å²) in [7, 11) is 0. The first-order valence-electron chi connectivity index (χ1n) is 10.9. The quantitative estimate of drug-likeness (QED) is 0.453. The highest BCUT2D eigenvalue weighted by Gasteiger charge is 2.19. The van der Waals surface area contributed by atoms with Crippen molar-refractivity contribution in [2.45, 2.75) is 40.8 Å². The number of hydrogen-bond acceptors (Lipinski definition) is 2. The van der Waals surface area contributed by atoms with Gasteiger partial charge in [0.15, 0.2) is 0 Å². The van der Waals surface area contributed by atoms with Gasteiger partial charge in [0.1, 0.15) is 0 Å². The smallest absolute Gasteiger partial charge is 0.254 e. The fourth-order valence-corrected chi connectivity index (χ4v) is 4.02. The third-order valence-electron chi connectivity index (χ3n) is 5.93. The summed E-state index contributed by atoms with van der Waals surface area (Å²) in [5.41, 5.74) is 7.26. The van der Waals surface area contributed by atoms with E-state index in [2.05, 4.69) is 11.1 Å². The number of aromatic nitrogens is 1. The molecular weight excluding hydrogens is 396 g/mol. The molecule has 32 heavy (non-hydrogen) atoms. The number of hydrogen-bond donors (Lipinski definition) is 1. The van der Waals surface area contributed by atoms with Crippen LogP contribution in [0.2, 0.25) is 0 Å². The lowest BCUT2D eigenvalue weighted by Crippen LogP contribution is -2.32. The summed E-state index contributed by atoms with van der Waals surface area (Å²) in [4.78, 5) is 31.2. The molecule has 162 valence electrons. The number of carbonyl (C=O) groups is 1. The van der Waals surface area contributed by atoms with Crippen molar-refractivity contribution in [1.29, 1.82) is 0 Å². The standard InChI is InChI=1S/C28H28N2O2/c1-18-8-12-22(13-9-18)16-30(28(32)23-7-5-6-19(2)14-23)17-24-15-25-20(3)10-11-21(4)26(25)29-27(24)31/h5-15H,16-17H2,1-4H3,(H,29,31). The summed E-state index contributed by atoms with van der Waals surface area (Å²) < 4.78 is 0. The summed E-state index contributed by atoms with van der Waals surface area (Å²) in [5.74, 6) is -0.0882. The van der Waals surface area contributed by atoms with Crippen LogP contribution in [0.4, 0.5) is 0 Å². The number of nitrogens with one attached hydrogen (secondary N) is 1. The number of fused-ring (bicyclic) bond motifs is 1. The molecule has 4 aromatic rings. The lowest BCUT2D eigenvalue weighted by Gasteiger charge is -2.23. The van der Waals surface area contributed by atoms with Gasteiger partial charge in [-0.3, -0.25) is 9.59 Å². The molecule has 0 saturated heterocycles. The minimum Gasteiger partial charge on any atom is -0.330 e. The average molecular weight is 425 g/mol. The molecule has 0 spiro atoms. The highest BCUT2D eigenvalue weighted by Crippen LogP contribution is 2.21. The second-order valence-electron chi connectivity index (χ2n) is 8.63. The van der Waals surface area contributed by atoms with Crippen molar-refractivity contribution in [3.63, 3.8) is 0 Å². The van der Waals surface area contributed by atoms with Crippen LogP contribution in [0.1, 0.15) is 43.7 Å². The van der Waals surface area contributed by atoms with E-state index in [-0.39, 0.29) is 18.0 Å². The van der Waals surface area contributed by atoms with Gasteiger partial charge in [0, 0.05) is 23.1 Å². The topological polar surface area (TPSA) is 53.2 Å². The van der Waals surface area contributed by atoms with Gasteiger partial charge in [-0.05, 0) is 62.6 Å². The number of benzene rings is 3. The Morgan fingerprint density at radius 2 is 1.53 bits per heavy atom. The third-order valence-corrected chi connectivity index (χ3v) is 5.93. The molecule has 0 radical (unpaired) electrons. The highest BCUT2D eigenvalue weighted by atomic mass is 16.2. The van der Waals surface area contributed by atoms with E-state index in [0.717, 1.165) is 33.2 Å². The molecule has 1 amide bonds. The van der Waals surface area contributed by atoms with Crippen molar-refractivity contribution in [1.82, 2.24) is 9.88 Å². The number of aromatic amines is 1. The van der Waals surface area contributed by atoms with Crippen LogP contribution in [-0.4, -0.2) is 15.8 Å². The number of carbonyl (C=O) groups excluding carboxylic acids is 1. The van der Waals surface area contributed by atoms with E-state index in [1.165, 1.54) is 5.56 Å². The lowest BCUT2D eigenvalue weighted by atomic mass is 10.0. The minimum absolute atomic E-state index is 0.0882. The number of H-pyrrole nitrogens is 1. The Balaban J connectivity index is 1.75. The molecule has 1 aromatic heterocycles. The van der Waals surface area contributed by atoms with Crippen LogP contribution < -0.4 is 5.56 Å². The maximum atomic E-state index is 13.5. The molecule has 4 nitrogen and oxygen atoms in total. The Hall–Kier alpha value is -3.66. The molecular formula is C28H28N2O2. The van der Waals surface area contributed by atoms with E-state index in [9.17, 15) is 9.59 Å². The van der Waals surface area contributed by atoms with E-state index in [1.54, 1.807) is 4.90 Å². The van der Waals surface area contributed by atoms with E-state index < -0.39 is 0 Å². The summed E-state index contributed by atoms with van der Waals surface area (Å²) in [6.45, 7) is 8.70. The van der Waals surface area contributed by atoms with Gasteiger partial charge >= 0.3 is 0 Å². The van der Waals surface area contributed by atoms with Crippen molar-refractivity contribution in [3.8, 4) is 0 Å². The van der Waals surface area contributed by atoms with Crippen molar-refractivity contribution in [3.05, 3.63) is 116 Å². The van der Waals surface area contributed by atoms with E-state index >= 15 is 0 Å². The molecule has 4 rings (SSSR count). The van der Waals surface area contributed by atoms with Gasteiger partial charge < -0.3 is 9.88 Å². The number of rotatable bonds is 5. The lowest BCUT2D eigenvalue weighted by molar-refractivity contribution is 0.0729. The van der Waals surface area contributed by atoms with Gasteiger partial charge in [0.25, 0.3) is 11.5 Å². The van der Waals surface area contributed by atoms with Crippen LogP contribution in [0.25, 0.3) is 10.9 Å². The normalized spacial score (nSPS) is 11.0. The van der Waals surface area contributed by atoms with Crippen LogP contribution in [-0.2, 0) is 13.1 Å². The maximum Gasteiger partial charge on any atom is 0.254 e.